The topological polar surface area (TPSA) is 99.5 Å². The Bertz CT molecular complexity index is 1390. The van der Waals surface area contributed by atoms with Gasteiger partial charge in [0.15, 0.2) is 0 Å². The number of fused-ring (bicyclic) bond motifs is 1. The maximum atomic E-state index is 15.0. The van der Waals surface area contributed by atoms with Crippen LogP contribution in [0.2, 0.25) is 5.02 Å². The molecule has 1 aliphatic rings. The number of alkyl halides is 1. The predicted octanol–water partition coefficient (Wildman–Crippen LogP) is 4.05. The Morgan fingerprint density at radius 1 is 1.26 bits per heavy atom. The minimum absolute atomic E-state index is 0.0897. The summed E-state index contributed by atoms with van der Waals surface area (Å²) in [5, 5.41) is 6.32. The van der Waals surface area contributed by atoms with Gasteiger partial charge in [-0.05, 0) is 54.8 Å². The largest absolute Gasteiger partial charge is 0.434 e. The molecule has 0 aliphatic carbocycles. The lowest BCUT2D eigenvalue weighted by Crippen LogP contribution is -2.49. The fourth-order valence-electron chi connectivity index (χ4n) is 4.41. The molecule has 8 nitrogen and oxygen atoms in total. The van der Waals surface area contributed by atoms with E-state index in [-0.39, 0.29) is 35.3 Å². The Kier molecular flexibility index (Phi) is 6.54. The number of H-pyrrole nitrogens is 1. The second-order valence-electron chi connectivity index (χ2n) is 8.19. The van der Waals surface area contributed by atoms with Gasteiger partial charge in [0.05, 0.1) is 12.4 Å². The van der Waals surface area contributed by atoms with E-state index in [1.54, 1.807) is 19.9 Å². The maximum absolute atomic E-state index is 15.0. The van der Waals surface area contributed by atoms with Crippen LogP contribution in [-0.4, -0.2) is 42.8 Å². The van der Waals surface area contributed by atoms with E-state index in [4.69, 9.17) is 16.0 Å². The molecule has 1 aromatic heterocycles. The first-order chi connectivity index (χ1) is 16.1. The van der Waals surface area contributed by atoms with Crippen molar-refractivity contribution >= 4 is 27.3 Å². The van der Waals surface area contributed by atoms with E-state index in [0.29, 0.717) is 10.6 Å². The second-order valence-corrected chi connectivity index (χ2v) is 10.5. The summed E-state index contributed by atoms with van der Waals surface area (Å²) < 4.78 is 62.2. The lowest BCUT2D eigenvalue weighted by Gasteiger charge is -2.41. The summed E-state index contributed by atoms with van der Waals surface area (Å²) in [6.07, 6.45) is 0. The van der Waals surface area contributed by atoms with Crippen molar-refractivity contribution in [2.75, 3.05) is 24.8 Å². The zero-order valence-corrected chi connectivity index (χ0v) is 20.3. The minimum atomic E-state index is -4.21. The van der Waals surface area contributed by atoms with E-state index in [2.05, 4.69) is 10.2 Å². The molecule has 182 valence electrons. The molecular formula is C22H23ClF2N4O4S. The van der Waals surface area contributed by atoms with E-state index < -0.39 is 40.2 Å². The van der Waals surface area contributed by atoms with Gasteiger partial charge in [0, 0.05) is 17.5 Å². The number of hydrogen-bond acceptors (Lipinski definition) is 6. The van der Waals surface area contributed by atoms with Gasteiger partial charge in [-0.1, -0.05) is 24.6 Å². The van der Waals surface area contributed by atoms with Crippen LogP contribution in [0.3, 0.4) is 0 Å². The van der Waals surface area contributed by atoms with Crippen molar-refractivity contribution in [2.24, 2.45) is 0 Å². The molecule has 34 heavy (non-hydrogen) atoms. The van der Waals surface area contributed by atoms with Crippen LogP contribution in [0.15, 0.2) is 44.4 Å². The average Bonchev–Trinajstić information content (AvgIpc) is 3.20. The monoisotopic (exact) mass is 512 g/mol. The number of nitrogens with one attached hydrogen (secondary N) is 1. The Morgan fingerprint density at radius 2 is 2.00 bits per heavy atom. The normalized spacial score (nSPS) is 17.4. The molecule has 2 atom stereocenters. The van der Waals surface area contributed by atoms with E-state index in [1.807, 2.05) is 6.92 Å². The Morgan fingerprint density at radius 3 is 2.65 bits per heavy atom. The van der Waals surface area contributed by atoms with Crippen LogP contribution in [0, 0.1) is 19.7 Å². The summed E-state index contributed by atoms with van der Waals surface area (Å²) >= 11 is 6.08. The van der Waals surface area contributed by atoms with Crippen molar-refractivity contribution < 1.29 is 21.6 Å². The van der Waals surface area contributed by atoms with E-state index in [1.165, 1.54) is 29.2 Å². The van der Waals surface area contributed by atoms with Crippen molar-refractivity contribution in [3.63, 3.8) is 0 Å². The lowest BCUT2D eigenvalue weighted by molar-refractivity contribution is 0.233. The first-order valence-corrected chi connectivity index (χ1v) is 12.3. The fourth-order valence-corrected chi connectivity index (χ4v) is 6.38. The molecule has 12 heteroatoms. The molecule has 0 saturated heterocycles. The van der Waals surface area contributed by atoms with Gasteiger partial charge in [-0.25, -0.2) is 27.1 Å². The highest BCUT2D eigenvalue weighted by Crippen LogP contribution is 2.44. The van der Waals surface area contributed by atoms with Gasteiger partial charge in [0.2, 0.25) is 15.9 Å². The molecule has 0 saturated carbocycles. The first-order valence-electron chi connectivity index (χ1n) is 10.5. The van der Waals surface area contributed by atoms with Crippen molar-refractivity contribution in [1.82, 2.24) is 14.5 Å². The number of hydrogen-bond donors (Lipinski definition) is 1. The Hall–Kier alpha value is -2.76. The molecule has 0 radical (unpaired) electrons. The highest BCUT2D eigenvalue weighted by Gasteiger charge is 2.45. The van der Waals surface area contributed by atoms with Gasteiger partial charge < -0.3 is 9.32 Å². The molecule has 2 heterocycles. The molecule has 0 unspecified atom stereocenters. The molecular weight excluding hydrogens is 490 g/mol. The molecule has 0 spiro atoms. The number of benzene rings is 2. The SMILES string of the molecule is Cc1ccc(F)c([C@@H](C)[C@@H](c2n[nH]c(=O)o2)N2CN(CCF)c3cc(Cl)ccc3S2(=O)=O)c1C. The molecule has 2 aromatic carbocycles. The number of aryl methyl sites for hydroxylation is 1. The van der Waals surface area contributed by atoms with Gasteiger partial charge in [0.1, 0.15) is 23.4 Å². The van der Waals surface area contributed by atoms with Crippen molar-refractivity contribution in [2.45, 2.75) is 37.6 Å². The second kappa shape index (κ2) is 9.12. The van der Waals surface area contributed by atoms with Gasteiger partial charge in [0.25, 0.3) is 0 Å². The quantitative estimate of drug-likeness (QED) is 0.535. The highest BCUT2D eigenvalue weighted by atomic mass is 35.5. The molecule has 4 rings (SSSR count). The molecule has 1 N–H and O–H groups in total. The number of aromatic amines is 1. The molecule has 0 amide bonds. The molecule has 3 aromatic rings. The zero-order chi connectivity index (χ0) is 24.8. The van der Waals surface area contributed by atoms with Crippen LogP contribution in [0.5, 0.6) is 0 Å². The first kappa shape index (κ1) is 24.4. The third kappa shape index (κ3) is 4.12. The van der Waals surface area contributed by atoms with Crippen LogP contribution in [0.4, 0.5) is 14.5 Å². The highest BCUT2D eigenvalue weighted by molar-refractivity contribution is 7.89. The van der Waals surface area contributed by atoms with Crippen LogP contribution in [-0.2, 0) is 10.0 Å². The van der Waals surface area contributed by atoms with E-state index in [9.17, 15) is 17.6 Å². The molecule has 0 bridgehead atoms. The third-order valence-corrected chi connectivity index (χ3v) is 8.29. The summed E-state index contributed by atoms with van der Waals surface area (Å²) in [5.41, 5.74) is 1.97. The van der Waals surface area contributed by atoms with Crippen molar-refractivity contribution in [3.05, 3.63) is 74.3 Å². The maximum Gasteiger partial charge on any atom is 0.434 e. The van der Waals surface area contributed by atoms with E-state index >= 15 is 4.39 Å². The number of nitrogens with zero attached hydrogens (tertiary/aromatic N) is 3. The average molecular weight is 513 g/mol. The summed E-state index contributed by atoms with van der Waals surface area (Å²) in [6.45, 7) is 4.05. The van der Waals surface area contributed by atoms with Crippen LogP contribution < -0.4 is 10.7 Å². The van der Waals surface area contributed by atoms with Gasteiger partial charge >= 0.3 is 5.76 Å². The smallest absolute Gasteiger partial charge is 0.391 e. The summed E-state index contributed by atoms with van der Waals surface area (Å²) in [7, 11) is -4.21. The molecule has 1 aliphatic heterocycles. The summed E-state index contributed by atoms with van der Waals surface area (Å²) in [5.74, 6) is -2.45. The predicted molar refractivity (Wildman–Crippen MR) is 123 cm³/mol. The van der Waals surface area contributed by atoms with Crippen molar-refractivity contribution in [1.29, 1.82) is 0 Å². The summed E-state index contributed by atoms with van der Waals surface area (Å²) in [6, 6.07) is 5.95. The van der Waals surface area contributed by atoms with Crippen molar-refractivity contribution in [3.8, 4) is 0 Å². The number of halogens is 3. The molecule has 0 fully saturated rings. The van der Waals surface area contributed by atoms with E-state index in [0.717, 1.165) is 9.87 Å². The van der Waals surface area contributed by atoms with Gasteiger partial charge in [-0.2, -0.15) is 4.31 Å². The van der Waals surface area contributed by atoms with Gasteiger partial charge in [-0.3, -0.25) is 0 Å². The number of aromatic nitrogens is 2. The number of anilines is 1. The Labute approximate surface area is 200 Å². The number of rotatable bonds is 6. The fraction of sp³-hybridized carbons (Fsp3) is 0.364. The standard InChI is InChI=1S/C22H23ClF2N4O4S/c1-12-4-6-16(25)19(13(12)2)14(3)20(21-26-27-22(30)33-21)29-11-28(9-8-24)17-10-15(23)5-7-18(17)34(29,31)32/h4-7,10,14,20H,8-9,11H2,1-3H3,(H,27,30)/t14-,20+/m1/s1. The third-order valence-electron chi connectivity index (χ3n) is 6.19. The number of sulfonamides is 1. The minimum Gasteiger partial charge on any atom is -0.391 e. The summed E-state index contributed by atoms with van der Waals surface area (Å²) in [4.78, 5) is 13.2. The Balaban J connectivity index is 1.93. The van der Waals surface area contributed by atoms with Crippen LogP contribution in [0.25, 0.3) is 0 Å². The van der Waals surface area contributed by atoms with Crippen LogP contribution in [0.1, 0.15) is 41.5 Å². The lowest BCUT2D eigenvalue weighted by atomic mass is 9.87. The zero-order valence-electron chi connectivity index (χ0n) is 18.7. The van der Waals surface area contributed by atoms with Gasteiger partial charge in [-0.15, -0.1) is 5.10 Å². The van der Waals surface area contributed by atoms with Crippen LogP contribution >= 0.6 is 11.6 Å².